The Hall–Kier alpha value is -4.46. The maximum atomic E-state index is 13.9. The smallest absolute Gasteiger partial charge is 0.338 e. The maximum Gasteiger partial charge on any atom is 0.338 e. The molecular formula is C33H22Cl2N2O5. The Morgan fingerprint density at radius 3 is 1.76 bits per heavy atom. The van der Waals surface area contributed by atoms with Crippen molar-refractivity contribution in [2.75, 3.05) is 16.8 Å². The third-order valence-corrected chi connectivity index (χ3v) is 9.19. The first kappa shape index (κ1) is 26.4. The molecule has 9 heteroatoms. The molecule has 3 amide bonds. The number of ether oxygens (including phenoxy) is 1. The molecule has 0 radical (unpaired) electrons. The van der Waals surface area contributed by atoms with E-state index in [0.717, 1.165) is 22.3 Å². The van der Waals surface area contributed by atoms with E-state index in [4.69, 9.17) is 27.9 Å². The van der Waals surface area contributed by atoms with Gasteiger partial charge in [0.05, 0.1) is 38.8 Å². The van der Waals surface area contributed by atoms with Crippen LogP contribution in [0.2, 0.25) is 10.0 Å². The monoisotopic (exact) mass is 596 g/mol. The Balaban J connectivity index is 1.09. The average Bonchev–Trinajstić information content (AvgIpc) is 3.28. The van der Waals surface area contributed by atoms with Crippen LogP contribution in [0.3, 0.4) is 0 Å². The largest absolute Gasteiger partial charge is 0.452 e. The van der Waals surface area contributed by atoms with Crippen molar-refractivity contribution in [3.8, 4) is 0 Å². The molecule has 1 N–H and O–H groups in total. The molecule has 4 aromatic rings. The van der Waals surface area contributed by atoms with Gasteiger partial charge in [0.25, 0.3) is 5.91 Å². The summed E-state index contributed by atoms with van der Waals surface area (Å²) in [6.07, 6.45) is 0. The minimum absolute atomic E-state index is 0.170. The molecule has 0 unspecified atom stereocenters. The predicted octanol–water partition coefficient (Wildman–Crippen LogP) is 6.19. The normalized spacial score (nSPS) is 21.4. The molecular weight excluding hydrogens is 575 g/mol. The maximum absolute atomic E-state index is 13.9. The molecule has 7 nitrogen and oxygen atoms in total. The summed E-state index contributed by atoms with van der Waals surface area (Å²) in [5.74, 6) is -3.19. The van der Waals surface area contributed by atoms with Crippen molar-refractivity contribution in [1.82, 2.24) is 0 Å². The van der Waals surface area contributed by atoms with E-state index < -0.39 is 30.3 Å². The predicted molar refractivity (Wildman–Crippen MR) is 158 cm³/mol. The van der Waals surface area contributed by atoms with Gasteiger partial charge in [-0.3, -0.25) is 14.4 Å². The zero-order chi connectivity index (χ0) is 29.1. The molecule has 2 atom stereocenters. The number of anilines is 2. The van der Waals surface area contributed by atoms with Crippen LogP contribution in [0.5, 0.6) is 0 Å². The summed E-state index contributed by atoms with van der Waals surface area (Å²) in [5, 5.41) is 3.01. The topological polar surface area (TPSA) is 92.8 Å². The van der Waals surface area contributed by atoms with Crippen LogP contribution >= 0.6 is 23.2 Å². The average molecular weight is 597 g/mol. The molecule has 0 spiro atoms. The number of benzene rings is 4. The molecule has 1 saturated heterocycles. The standard InChI is InChI=1S/C33H22Cl2N2O5/c34-23-10-5-11-24(30(23)35)36-25(38)16-42-33(41)17-12-14-18(15-13-17)37-31(39)28-26-19-6-1-2-7-20(19)27(29(28)32(37)40)22-9-4-3-8-21(22)26/h1-15,26-29H,16H2,(H,36,38)/t26?,27?,28-,29+. The van der Waals surface area contributed by atoms with Crippen LogP contribution in [0.15, 0.2) is 91.0 Å². The van der Waals surface area contributed by atoms with Gasteiger partial charge < -0.3 is 10.1 Å². The fourth-order valence-electron chi connectivity index (χ4n) is 6.68. The van der Waals surface area contributed by atoms with Crippen LogP contribution < -0.4 is 10.2 Å². The minimum atomic E-state index is -0.731. The van der Waals surface area contributed by atoms with Gasteiger partial charge in [0.1, 0.15) is 0 Å². The highest BCUT2D eigenvalue weighted by atomic mass is 35.5. The lowest BCUT2D eigenvalue weighted by Crippen LogP contribution is -2.41. The van der Waals surface area contributed by atoms with E-state index in [1.54, 1.807) is 30.3 Å². The van der Waals surface area contributed by atoms with E-state index in [1.165, 1.54) is 17.0 Å². The molecule has 4 aliphatic rings. The number of amides is 3. The Morgan fingerprint density at radius 1 is 0.714 bits per heavy atom. The third kappa shape index (κ3) is 4.03. The molecule has 1 fully saturated rings. The van der Waals surface area contributed by atoms with Crippen molar-refractivity contribution in [2.45, 2.75) is 11.8 Å². The van der Waals surface area contributed by atoms with Gasteiger partial charge in [-0.1, -0.05) is 77.8 Å². The number of imide groups is 1. The number of nitrogens with one attached hydrogen (secondary N) is 1. The fraction of sp³-hybridized carbons (Fsp3) is 0.152. The number of hydrogen-bond donors (Lipinski definition) is 1. The lowest BCUT2D eigenvalue weighted by atomic mass is 9.55. The number of esters is 1. The number of hydrogen-bond acceptors (Lipinski definition) is 5. The van der Waals surface area contributed by atoms with Gasteiger partial charge in [0, 0.05) is 11.8 Å². The Bertz CT molecular complexity index is 1690. The highest BCUT2D eigenvalue weighted by molar-refractivity contribution is 6.44. The van der Waals surface area contributed by atoms with Gasteiger partial charge >= 0.3 is 5.97 Å². The molecule has 0 aromatic heterocycles. The molecule has 42 heavy (non-hydrogen) atoms. The van der Waals surface area contributed by atoms with Gasteiger partial charge in [-0.05, 0) is 58.7 Å². The summed E-state index contributed by atoms with van der Waals surface area (Å²) in [5.41, 5.74) is 5.26. The van der Waals surface area contributed by atoms with Crippen molar-refractivity contribution in [3.63, 3.8) is 0 Å². The van der Waals surface area contributed by atoms with E-state index >= 15 is 0 Å². The highest BCUT2D eigenvalue weighted by Crippen LogP contribution is 2.61. The summed E-state index contributed by atoms with van der Waals surface area (Å²) in [7, 11) is 0. The van der Waals surface area contributed by atoms with Crippen LogP contribution in [0.25, 0.3) is 0 Å². The van der Waals surface area contributed by atoms with Gasteiger partial charge in [0.15, 0.2) is 6.61 Å². The van der Waals surface area contributed by atoms with Crippen LogP contribution in [0.4, 0.5) is 11.4 Å². The second-order valence-electron chi connectivity index (χ2n) is 10.5. The quantitative estimate of drug-likeness (QED) is 0.219. The SMILES string of the molecule is O=C(COC(=O)c1ccc(N2C(=O)[C@@H]3C4c5ccccc5C(c5ccccc54)[C@@H]3C2=O)cc1)Nc1cccc(Cl)c1Cl. The number of carbonyl (C=O) groups is 4. The van der Waals surface area contributed by atoms with Crippen molar-refractivity contribution in [2.24, 2.45) is 11.8 Å². The molecule has 0 saturated carbocycles. The van der Waals surface area contributed by atoms with E-state index in [0.29, 0.717) is 11.4 Å². The van der Waals surface area contributed by atoms with Crippen molar-refractivity contribution in [3.05, 3.63) is 129 Å². The first-order valence-corrected chi connectivity index (χ1v) is 14.2. The van der Waals surface area contributed by atoms with Crippen molar-refractivity contribution in [1.29, 1.82) is 0 Å². The molecule has 3 aliphatic carbocycles. The van der Waals surface area contributed by atoms with Gasteiger partial charge in [-0.25, -0.2) is 9.69 Å². The van der Waals surface area contributed by atoms with Crippen molar-refractivity contribution >= 4 is 58.3 Å². The van der Waals surface area contributed by atoms with Gasteiger partial charge in [-0.2, -0.15) is 0 Å². The summed E-state index contributed by atoms with van der Waals surface area (Å²) in [4.78, 5) is 54.0. The van der Waals surface area contributed by atoms with Crippen LogP contribution in [-0.2, 0) is 19.1 Å². The van der Waals surface area contributed by atoms with Crippen LogP contribution in [-0.4, -0.2) is 30.3 Å². The first-order valence-electron chi connectivity index (χ1n) is 13.4. The van der Waals surface area contributed by atoms with E-state index in [-0.39, 0.29) is 39.3 Å². The molecule has 1 heterocycles. The lowest BCUT2D eigenvalue weighted by molar-refractivity contribution is -0.122. The van der Waals surface area contributed by atoms with E-state index in [2.05, 4.69) is 29.6 Å². The van der Waals surface area contributed by atoms with E-state index in [9.17, 15) is 19.2 Å². The minimum Gasteiger partial charge on any atom is -0.452 e. The Labute approximate surface area is 251 Å². The van der Waals surface area contributed by atoms with Gasteiger partial charge in [-0.15, -0.1) is 0 Å². The Morgan fingerprint density at radius 2 is 1.24 bits per heavy atom. The summed E-state index contributed by atoms with van der Waals surface area (Å²) >= 11 is 12.0. The molecule has 4 aromatic carbocycles. The fourth-order valence-corrected chi connectivity index (χ4v) is 7.03. The molecule has 8 rings (SSSR count). The summed E-state index contributed by atoms with van der Waals surface area (Å²) in [6, 6.07) is 27.0. The second kappa shape index (κ2) is 10.1. The lowest BCUT2D eigenvalue weighted by Gasteiger charge is -2.45. The zero-order valence-corrected chi connectivity index (χ0v) is 23.4. The number of rotatable bonds is 5. The van der Waals surface area contributed by atoms with Crippen molar-refractivity contribution < 1.29 is 23.9 Å². The second-order valence-corrected chi connectivity index (χ2v) is 11.3. The summed E-state index contributed by atoms with van der Waals surface area (Å²) in [6.45, 7) is -0.542. The zero-order valence-electron chi connectivity index (χ0n) is 21.9. The number of carbonyl (C=O) groups excluding carboxylic acids is 4. The third-order valence-electron chi connectivity index (χ3n) is 8.37. The number of halogens is 2. The number of nitrogens with zero attached hydrogens (tertiary/aromatic N) is 1. The Kier molecular flexibility index (Phi) is 6.37. The van der Waals surface area contributed by atoms with Gasteiger partial charge in [0.2, 0.25) is 11.8 Å². The van der Waals surface area contributed by atoms with Crippen LogP contribution in [0.1, 0.15) is 44.4 Å². The van der Waals surface area contributed by atoms with Crippen LogP contribution in [0, 0.1) is 11.8 Å². The highest BCUT2D eigenvalue weighted by Gasteiger charge is 2.61. The summed E-state index contributed by atoms with van der Waals surface area (Å²) < 4.78 is 5.15. The molecule has 2 bridgehead atoms. The first-order chi connectivity index (χ1) is 20.3. The molecule has 208 valence electrons. The molecule has 1 aliphatic heterocycles. The van der Waals surface area contributed by atoms with E-state index in [1.807, 2.05) is 24.3 Å².